The quantitative estimate of drug-likeness (QED) is 0.351. The first-order valence-electron chi connectivity index (χ1n) is 14.0. The van der Waals surface area contributed by atoms with Gasteiger partial charge in [0.1, 0.15) is 5.67 Å². The summed E-state index contributed by atoms with van der Waals surface area (Å²) in [4.78, 5) is 2.38. The molecule has 0 N–H and O–H groups in total. The fourth-order valence-corrected chi connectivity index (χ4v) is 5.45. The number of piperidine rings is 1. The van der Waals surface area contributed by atoms with E-state index in [1.165, 1.54) is 67.3 Å². The number of alkyl halides is 1. The van der Waals surface area contributed by atoms with Crippen molar-refractivity contribution >= 4 is 22.9 Å². The maximum Gasteiger partial charge on any atom is 0.130 e. The van der Waals surface area contributed by atoms with Crippen LogP contribution in [0.1, 0.15) is 96.3 Å². The van der Waals surface area contributed by atoms with Crippen molar-refractivity contribution in [3.63, 3.8) is 0 Å². The van der Waals surface area contributed by atoms with Crippen LogP contribution in [0.5, 0.6) is 0 Å². The molecule has 2 aliphatic rings. The molecule has 1 aliphatic carbocycles. The van der Waals surface area contributed by atoms with Crippen molar-refractivity contribution in [1.29, 1.82) is 0 Å². The van der Waals surface area contributed by atoms with Crippen LogP contribution in [-0.4, -0.2) is 13.1 Å². The molecule has 0 unspecified atom stereocenters. The molecule has 2 aromatic rings. The maximum absolute atomic E-state index is 13.8. The van der Waals surface area contributed by atoms with Gasteiger partial charge in [-0.1, -0.05) is 93.1 Å². The van der Waals surface area contributed by atoms with Gasteiger partial charge >= 0.3 is 0 Å². The van der Waals surface area contributed by atoms with Crippen molar-refractivity contribution in [2.24, 2.45) is 11.8 Å². The molecule has 1 heterocycles. The number of allylic oxidation sites excluding steroid dienone is 2. The third-order valence-electron chi connectivity index (χ3n) is 7.81. The van der Waals surface area contributed by atoms with E-state index in [2.05, 4.69) is 31.9 Å². The van der Waals surface area contributed by atoms with Gasteiger partial charge in [-0.2, -0.15) is 0 Å². The summed E-state index contributed by atoms with van der Waals surface area (Å²) in [5.74, 6) is 1.76. The van der Waals surface area contributed by atoms with Gasteiger partial charge < -0.3 is 4.90 Å². The van der Waals surface area contributed by atoms with E-state index in [-0.39, 0.29) is 0 Å². The molecule has 37 heavy (non-hydrogen) atoms. The third kappa shape index (κ3) is 10.3. The number of hydrogen-bond donors (Lipinski definition) is 0. The molecule has 0 amide bonds. The predicted octanol–water partition coefficient (Wildman–Crippen LogP) is 11.0. The van der Waals surface area contributed by atoms with E-state index in [4.69, 9.17) is 11.6 Å². The van der Waals surface area contributed by atoms with E-state index in [0.29, 0.717) is 5.92 Å². The van der Waals surface area contributed by atoms with Crippen LogP contribution in [0.25, 0.3) is 5.57 Å². The van der Waals surface area contributed by atoms with Gasteiger partial charge in [0, 0.05) is 23.8 Å². The van der Waals surface area contributed by atoms with Gasteiger partial charge in [0.05, 0.1) is 0 Å². The first-order valence-corrected chi connectivity index (χ1v) is 14.4. The first kappa shape index (κ1) is 31.2. The molecule has 0 atom stereocenters. The zero-order valence-corrected chi connectivity index (χ0v) is 24.9. The number of nitrogens with zero attached hydrogens (tertiary/aromatic N) is 1. The van der Waals surface area contributed by atoms with Crippen molar-refractivity contribution in [3.05, 3.63) is 82.9 Å². The summed E-state index contributed by atoms with van der Waals surface area (Å²) < 4.78 is 13.8. The minimum atomic E-state index is -1.26. The van der Waals surface area contributed by atoms with E-state index in [0.717, 1.165) is 35.2 Å². The zero-order chi connectivity index (χ0) is 27.6. The number of anilines is 1. The van der Waals surface area contributed by atoms with Gasteiger partial charge in [0.2, 0.25) is 0 Å². The summed E-state index contributed by atoms with van der Waals surface area (Å²) >= 11 is 5.79. The van der Waals surface area contributed by atoms with Crippen molar-refractivity contribution in [3.8, 4) is 0 Å². The van der Waals surface area contributed by atoms with Crippen molar-refractivity contribution in [2.45, 2.75) is 92.2 Å². The first-order chi connectivity index (χ1) is 17.4. The lowest BCUT2D eigenvalue weighted by Crippen LogP contribution is -2.33. The van der Waals surface area contributed by atoms with Crippen LogP contribution in [0.3, 0.4) is 0 Å². The van der Waals surface area contributed by atoms with Gasteiger partial charge in [0.25, 0.3) is 0 Å². The van der Waals surface area contributed by atoms with Crippen LogP contribution in [0.4, 0.5) is 10.1 Å². The summed E-state index contributed by atoms with van der Waals surface area (Å²) in [6, 6.07) is 13.7. The Balaban J connectivity index is 0.000000224. The molecular weight excluding hydrogens is 477 g/mol. The summed E-state index contributed by atoms with van der Waals surface area (Å²) in [5, 5.41) is 0.785. The van der Waals surface area contributed by atoms with Crippen LogP contribution >= 0.6 is 11.6 Å². The lowest BCUT2D eigenvalue weighted by molar-refractivity contribution is 0.221. The second-order valence-electron chi connectivity index (χ2n) is 11.4. The van der Waals surface area contributed by atoms with Crippen LogP contribution in [0.15, 0.2) is 61.2 Å². The molecule has 2 fully saturated rings. The normalized spacial score (nSPS) is 16.4. The number of hydrogen-bond acceptors (Lipinski definition) is 1. The molecule has 0 aromatic heterocycles. The lowest BCUT2D eigenvalue weighted by Gasteiger charge is -2.34. The molecule has 2 aromatic carbocycles. The van der Waals surface area contributed by atoms with Gasteiger partial charge in [-0.25, -0.2) is 4.39 Å². The number of aryl methyl sites for hydroxylation is 1. The molecule has 1 aliphatic heterocycles. The second kappa shape index (κ2) is 14.8. The molecular formula is C34H49ClFN. The third-order valence-corrected chi connectivity index (χ3v) is 8.05. The average molecular weight is 526 g/mol. The van der Waals surface area contributed by atoms with Crippen LogP contribution in [-0.2, 0) is 5.67 Å². The maximum atomic E-state index is 13.8. The van der Waals surface area contributed by atoms with Gasteiger partial charge in [0.15, 0.2) is 0 Å². The number of halogens is 2. The van der Waals surface area contributed by atoms with Crippen LogP contribution < -0.4 is 4.90 Å². The highest BCUT2D eigenvalue weighted by molar-refractivity contribution is 6.30. The molecule has 204 valence electrons. The Morgan fingerprint density at radius 1 is 0.973 bits per heavy atom. The van der Waals surface area contributed by atoms with Gasteiger partial charge in [-0.3, -0.25) is 0 Å². The van der Waals surface area contributed by atoms with E-state index in [9.17, 15) is 4.39 Å². The average Bonchev–Trinajstić information content (AvgIpc) is 3.38. The minimum Gasteiger partial charge on any atom is -0.371 e. The highest BCUT2D eigenvalue weighted by Gasteiger charge is 2.21. The van der Waals surface area contributed by atoms with Gasteiger partial charge in [-0.15, -0.1) is 0 Å². The topological polar surface area (TPSA) is 3.24 Å². The van der Waals surface area contributed by atoms with Crippen LogP contribution in [0, 0.1) is 18.8 Å². The van der Waals surface area contributed by atoms with Crippen molar-refractivity contribution < 1.29 is 4.39 Å². The van der Waals surface area contributed by atoms with E-state index in [1.807, 2.05) is 56.3 Å². The Kier molecular flexibility index (Phi) is 12.4. The molecule has 3 heteroatoms. The standard InChI is InChI=1S/C17H24FN.C10H11Cl.C7H14/c1-13(2)14-9-11-19(12-10-14)16-7-5-15(6-8-16)17(3,4)18;1-7(2)10-5-4-9(11)6-8(10)3;1-2-7-5-3-4-6-7/h5-8,14H,1,9-12H2,2-4H3;4-6H,1H2,2-3H3;7H,2-6H2,1H3. The fourth-order valence-electron chi connectivity index (χ4n) is 5.22. The smallest absolute Gasteiger partial charge is 0.130 e. The molecule has 0 bridgehead atoms. The Morgan fingerprint density at radius 2 is 1.54 bits per heavy atom. The lowest BCUT2D eigenvalue weighted by atomic mass is 9.90. The monoisotopic (exact) mass is 525 g/mol. The predicted molar refractivity (Wildman–Crippen MR) is 163 cm³/mol. The summed E-state index contributed by atoms with van der Waals surface area (Å²) in [7, 11) is 0. The summed E-state index contributed by atoms with van der Waals surface area (Å²) in [5.41, 5.74) is 5.44. The second-order valence-corrected chi connectivity index (χ2v) is 11.9. The Bertz CT molecular complexity index is 987. The molecule has 1 nitrogen and oxygen atoms in total. The summed E-state index contributed by atoms with van der Waals surface area (Å²) in [6.07, 6.45) is 9.78. The van der Waals surface area contributed by atoms with E-state index >= 15 is 0 Å². The highest BCUT2D eigenvalue weighted by atomic mass is 35.5. The fraction of sp³-hybridized carbons (Fsp3) is 0.529. The summed E-state index contributed by atoms with van der Waals surface area (Å²) in [6.45, 7) is 21.7. The Labute approximate surface area is 231 Å². The van der Waals surface area contributed by atoms with Crippen molar-refractivity contribution in [2.75, 3.05) is 18.0 Å². The van der Waals surface area contributed by atoms with E-state index < -0.39 is 5.67 Å². The SMILES string of the molecule is C=C(C)C1CCN(c2ccc(C(C)(C)F)cc2)CC1.C=C(C)c1ccc(Cl)cc1C.CCC1CCCC1. The van der Waals surface area contributed by atoms with Crippen LogP contribution in [0.2, 0.25) is 5.02 Å². The number of benzene rings is 2. The van der Waals surface area contributed by atoms with E-state index in [1.54, 1.807) is 13.8 Å². The molecule has 1 saturated carbocycles. The Hall–Kier alpha value is -2.06. The molecule has 0 radical (unpaired) electrons. The molecule has 1 saturated heterocycles. The highest BCUT2D eigenvalue weighted by Crippen LogP contribution is 2.30. The van der Waals surface area contributed by atoms with Gasteiger partial charge in [-0.05, 0) is 100 Å². The number of rotatable bonds is 5. The largest absolute Gasteiger partial charge is 0.371 e. The van der Waals surface area contributed by atoms with Crippen molar-refractivity contribution in [1.82, 2.24) is 0 Å². The molecule has 0 spiro atoms. The molecule has 4 rings (SSSR count). The Morgan fingerprint density at radius 3 is 1.95 bits per heavy atom. The minimum absolute atomic E-state index is 0.667. The zero-order valence-electron chi connectivity index (χ0n) is 24.2.